The fourth-order valence-corrected chi connectivity index (χ4v) is 2.56. The van der Waals surface area contributed by atoms with E-state index in [-0.39, 0.29) is 18.4 Å². The zero-order valence-electron chi connectivity index (χ0n) is 14.9. The summed E-state index contributed by atoms with van der Waals surface area (Å²) in [5.74, 6) is 0.0806. The van der Waals surface area contributed by atoms with Gasteiger partial charge in [-0.1, -0.05) is 18.2 Å². The zero-order chi connectivity index (χ0) is 19.1. The highest BCUT2D eigenvalue weighted by Gasteiger charge is 2.09. The first-order chi connectivity index (χ1) is 13.2. The lowest BCUT2D eigenvalue weighted by molar-refractivity contribution is -0.120. The predicted molar refractivity (Wildman–Crippen MR) is 101 cm³/mol. The van der Waals surface area contributed by atoms with Gasteiger partial charge in [-0.3, -0.25) is 9.59 Å². The lowest BCUT2D eigenvalue weighted by atomic mass is 10.1. The zero-order valence-corrected chi connectivity index (χ0v) is 14.9. The van der Waals surface area contributed by atoms with Gasteiger partial charge in [0.05, 0.1) is 19.3 Å². The Morgan fingerprint density at radius 3 is 2.52 bits per heavy atom. The third kappa shape index (κ3) is 4.72. The second-order valence-corrected chi connectivity index (χ2v) is 5.77. The second-order valence-electron chi connectivity index (χ2n) is 5.77. The standard InChI is InChI=1S/C20H20N4O3/c1-27-17-9-7-15(8-10-17)20(26)22-14-19(25)21-13-16-5-2-3-6-18(16)24-12-4-11-23-24/h2-12H,13-14H2,1H3,(H,21,25)(H,22,26). The van der Waals surface area contributed by atoms with Crippen molar-refractivity contribution in [2.75, 3.05) is 13.7 Å². The van der Waals surface area contributed by atoms with Crippen LogP contribution in [0.5, 0.6) is 5.75 Å². The number of carbonyl (C=O) groups excluding carboxylic acids is 2. The molecule has 0 aliphatic carbocycles. The monoisotopic (exact) mass is 364 g/mol. The van der Waals surface area contributed by atoms with Crippen molar-refractivity contribution in [2.24, 2.45) is 0 Å². The highest BCUT2D eigenvalue weighted by molar-refractivity contribution is 5.96. The maximum Gasteiger partial charge on any atom is 0.251 e. The maximum absolute atomic E-state index is 12.1. The molecule has 0 radical (unpaired) electrons. The number of amides is 2. The van der Waals surface area contributed by atoms with Gasteiger partial charge in [0, 0.05) is 24.5 Å². The van der Waals surface area contributed by atoms with Gasteiger partial charge in [-0.25, -0.2) is 4.68 Å². The van der Waals surface area contributed by atoms with Crippen molar-refractivity contribution in [1.82, 2.24) is 20.4 Å². The Morgan fingerprint density at radius 1 is 1.04 bits per heavy atom. The van der Waals surface area contributed by atoms with Gasteiger partial charge in [0.25, 0.3) is 5.91 Å². The number of ether oxygens (including phenoxy) is 1. The van der Waals surface area contributed by atoms with E-state index >= 15 is 0 Å². The fraction of sp³-hybridized carbons (Fsp3) is 0.150. The van der Waals surface area contributed by atoms with Gasteiger partial charge in [-0.15, -0.1) is 0 Å². The highest BCUT2D eigenvalue weighted by Crippen LogP contribution is 2.13. The van der Waals surface area contributed by atoms with Gasteiger partial charge in [0.15, 0.2) is 0 Å². The van der Waals surface area contributed by atoms with Crippen molar-refractivity contribution in [1.29, 1.82) is 0 Å². The number of hydrogen-bond acceptors (Lipinski definition) is 4. The topological polar surface area (TPSA) is 85.2 Å². The Balaban J connectivity index is 1.52. The highest BCUT2D eigenvalue weighted by atomic mass is 16.5. The summed E-state index contributed by atoms with van der Waals surface area (Å²) in [6, 6.07) is 16.2. The van der Waals surface area contributed by atoms with Crippen molar-refractivity contribution in [3.63, 3.8) is 0 Å². The van der Waals surface area contributed by atoms with Crippen LogP contribution in [0.25, 0.3) is 5.69 Å². The number of aromatic nitrogens is 2. The first-order valence-corrected chi connectivity index (χ1v) is 8.44. The van der Waals surface area contributed by atoms with Crippen LogP contribution in [0, 0.1) is 0 Å². The number of para-hydroxylation sites is 1. The SMILES string of the molecule is COc1ccc(C(=O)NCC(=O)NCc2ccccc2-n2cccn2)cc1. The molecule has 0 atom stereocenters. The molecule has 0 aliphatic rings. The van der Waals surface area contributed by atoms with E-state index in [4.69, 9.17) is 4.74 Å². The maximum atomic E-state index is 12.1. The molecule has 2 amide bonds. The number of carbonyl (C=O) groups is 2. The quantitative estimate of drug-likeness (QED) is 0.671. The van der Waals surface area contributed by atoms with Gasteiger partial charge >= 0.3 is 0 Å². The number of rotatable bonds is 7. The molecule has 1 heterocycles. The van der Waals surface area contributed by atoms with E-state index in [2.05, 4.69) is 15.7 Å². The predicted octanol–water partition coefficient (Wildman–Crippen LogP) is 1.93. The van der Waals surface area contributed by atoms with Crippen LogP contribution in [0.1, 0.15) is 15.9 Å². The molecular formula is C20H20N4O3. The molecule has 0 aliphatic heterocycles. The molecule has 0 spiro atoms. The Morgan fingerprint density at radius 2 is 1.81 bits per heavy atom. The minimum absolute atomic E-state index is 0.102. The fourth-order valence-electron chi connectivity index (χ4n) is 2.56. The smallest absolute Gasteiger partial charge is 0.251 e. The largest absolute Gasteiger partial charge is 0.497 e. The van der Waals surface area contributed by atoms with Crippen molar-refractivity contribution in [2.45, 2.75) is 6.54 Å². The summed E-state index contributed by atoms with van der Waals surface area (Å²) in [7, 11) is 1.56. The lowest BCUT2D eigenvalue weighted by Crippen LogP contribution is -2.36. The summed E-state index contributed by atoms with van der Waals surface area (Å²) in [4.78, 5) is 24.2. The molecule has 0 fully saturated rings. The molecule has 2 aromatic carbocycles. The van der Waals surface area contributed by atoms with Crippen LogP contribution in [0.3, 0.4) is 0 Å². The van der Waals surface area contributed by atoms with Gasteiger partial charge in [0.2, 0.25) is 5.91 Å². The third-order valence-corrected chi connectivity index (χ3v) is 3.98. The van der Waals surface area contributed by atoms with Crippen LogP contribution in [0.2, 0.25) is 0 Å². The Hall–Kier alpha value is -3.61. The van der Waals surface area contributed by atoms with Crippen molar-refractivity contribution >= 4 is 11.8 Å². The molecule has 138 valence electrons. The summed E-state index contributed by atoms with van der Waals surface area (Å²) >= 11 is 0. The normalized spacial score (nSPS) is 10.3. The average molecular weight is 364 g/mol. The summed E-state index contributed by atoms with van der Waals surface area (Å²) < 4.78 is 6.80. The third-order valence-electron chi connectivity index (χ3n) is 3.98. The van der Waals surface area contributed by atoms with Crippen molar-refractivity contribution in [3.8, 4) is 11.4 Å². The minimum Gasteiger partial charge on any atom is -0.497 e. The molecule has 3 aromatic rings. The van der Waals surface area contributed by atoms with E-state index < -0.39 is 0 Å². The van der Waals surface area contributed by atoms with E-state index in [1.807, 2.05) is 36.5 Å². The number of nitrogens with zero attached hydrogens (tertiary/aromatic N) is 2. The summed E-state index contributed by atoms with van der Waals surface area (Å²) in [6.45, 7) is 0.238. The average Bonchev–Trinajstić information content (AvgIpc) is 3.25. The first-order valence-electron chi connectivity index (χ1n) is 8.44. The molecule has 0 bridgehead atoms. The summed E-state index contributed by atoms with van der Waals surface area (Å²) in [5, 5.41) is 9.63. The molecular weight excluding hydrogens is 344 g/mol. The van der Waals surface area contributed by atoms with Gasteiger partial charge < -0.3 is 15.4 Å². The number of nitrogens with one attached hydrogen (secondary N) is 2. The van der Waals surface area contributed by atoms with E-state index in [1.54, 1.807) is 42.3 Å². The molecule has 0 unspecified atom stereocenters. The van der Waals surface area contributed by atoms with Crippen LogP contribution in [0.15, 0.2) is 67.0 Å². The van der Waals surface area contributed by atoms with E-state index in [0.717, 1.165) is 11.3 Å². The molecule has 7 nitrogen and oxygen atoms in total. The number of benzene rings is 2. The van der Waals surface area contributed by atoms with Crippen molar-refractivity contribution in [3.05, 3.63) is 78.1 Å². The molecule has 7 heteroatoms. The summed E-state index contributed by atoms with van der Waals surface area (Å²) in [5.41, 5.74) is 2.29. The van der Waals surface area contributed by atoms with Gasteiger partial charge in [0.1, 0.15) is 5.75 Å². The van der Waals surface area contributed by atoms with Crippen LogP contribution >= 0.6 is 0 Å². The van der Waals surface area contributed by atoms with Crippen LogP contribution in [-0.4, -0.2) is 35.2 Å². The Kier molecular flexibility index (Phi) is 5.84. The molecule has 2 N–H and O–H groups in total. The lowest BCUT2D eigenvalue weighted by Gasteiger charge is -2.11. The minimum atomic E-state index is -0.315. The molecule has 3 rings (SSSR count). The molecule has 1 aromatic heterocycles. The number of methoxy groups -OCH3 is 1. The van der Waals surface area contributed by atoms with Crippen molar-refractivity contribution < 1.29 is 14.3 Å². The molecule has 27 heavy (non-hydrogen) atoms. The Bertz CT molecular complexity index is 905. The molecule has 0 saturated heterocycles. The summed E-state index contributed by atoms with van der Waals surface area (Å²) in [6.07, 6.45) is 3.54. The van der Waals surface area contributed by atoms with Crippen LogP contribution < -0.4 is 15.4 Å². The van der Waals surface area contributed by atoms with Crippen LogP contribution in [-0.2, 0) is 11.3 Å². The second kappa shape index (κ2) is 8.66. The van der Waals surface area contributed by atoms with Crippen LogP contribution in [0.4, 0.5) is 0 Å². The Labute approximate surface area is 157 Å². The first kappa shape index (κ1) is 18.2. The molecule has 0 saturated carbocycles. The van der Waals surface area contributed by atoms with Gasteiger partial charge in [-0.2, -0.15) is 5.10 Å². The van der Waals surface area contributed by atoms with E-state index in [0.29, 0.717) is 17.9 Å². The number of hydrogen-bond donors (Lipinski definition) is 2. The van der Waals surface area contributed by atoms with E-state index in [1.165, 1.54) is 0 Å². The van der Waals surface area contributed by atoms with Gasteiger partial charge in [-0.05, 0) is 42.0 Å². The van der Waals surface area contributed by atoms with E-state index in [9.17, 15) is 9.59 Å².